The maximum atomic E-state index is 13.5. The molecule has 1 aromatic heterocycles. The van der Waals surface area contributed by atoms with Crippen LogP contribution in [0.1, 0.15) is 31.2 Å². The average molecular weight is 435 g/mol. The molecule has 0 amide bonds. The van der Waals surface area contributed by atoms with E-state index >= 15 is 0 Å². The Morgan fingerprint density at radius 2 is 1.94 bits per heavy atom. The van der Waals surface area contributed by atoms with Gasteiger partial charge in [-0.05, 0) is 43.5 Å². The second-order valence-corrected chi connectivity index (χ2v) is 8.04. The van der Waals surface area contributed by atoms with Gasteiger partial charge in [0.05, 0.1) is 0 Å². The quantitative estimate of drug-likeness (QED) is 0.439. The van der Waals surface area contributed by atoms with Crippen molar-refractivity contribution in [1.29, 1.82) is 0 Å². The highest BCUT2D eigenvalue weighted by atomic mass is 19.1. The van der Waals surface area contributed by atoms with Crippen molar-refractivity contribution < 1.29 is 4.39 Å². The summed E-state index contributed by atoms with van der Waals surface area (Å²) in [6.45, 7) is 5.95. The molecule has 6 nitrogen and oxygen atoms in total. The lowest BCUT2D eigenvalue weighted by atomic mass is 10.0. The Morgan fingerprint density at radius 1 is 1.12 bits per heavy atom. The fraction of sp³-hybridized carbons (Fsp3) is 0.360. The largest absolute Gasteiger partial charge is 0.371 e. The summed E-state index contributed by atoms with van der Waals surface area (Å²) in [6.07, 6.45) is 5.78. The van der Waals surface area contributed by atoms with E-state index in [0.29, 0.717) is 12.6 Å². The van der Waals surface area contributed by atoms with Gasteiger partial charge in [-0.3, -0.25) is 0 Å². The van der Waals surface area contributed by atoms with Crippen molar-refractivity contribution in [2.24, 2.45) is 4.99 Å². The Kier molecular flexibility index (Phi) is 7.38. The summed E-state index contributed by atoms with van der Waals surface area (Å²) in [5.41, 5.74) is 2.19. The Bertz CT molecular complexity index is 1010. The van der Waals surface area contributed by atoms with Crippen LogP contribution in [0.4, 0.5) is 10.1 Å². The first-order valence-corrected chi connectivity index (χ1v) is 11.3. The van der Waals surface area contributed by atoms with Crippen molar-refractivity contribution in [2.45, 2.75) is 38.9 Å². The molecule has 3 aromatic rings. The molecule has 1 saturated heterocycles. The first kappa shape index (κ1) is 21.9. The van der Waals surface area contributed by atoms with Gasteiger partial charge in [0.1, 0.15) is 18.2 Å². The highest BCUT2D eigenvalue weighted by molar-refractivity contribution is 5.80. The summed E-state index contributed by atoms with van der Waals surface area (Å²) in [6, 6.07) is 17.5. The van der Waals surface area contributed by atoms with E-state index in [0.717, 1.165) is 56.5 Å². The fourth-order valence-electron chi connectivity index (χ4n) is 4.03. The summed E-state index contributed by atoms with van der Waals surface area (Å²) in [7, 11) is 0. The summed E-state index contributed by atoms with van der Waals surface area (Å²) >= 11 is 0. The molecular formula is C25H31FN6. The highest BCUT2D eigenvalue weighted by Crippen LogP contribution is 2.20. The van der Waals surface area contributed by atoms with Gasteiger partial charge in [-0.1, -0.05) is 36.4 Å². The van der Waals surface area contributed by atoms with Crippen LogP contribution in [0.25, 0.3) is 0 Å². The Morgan fingerprint density at radius 3 is 2.69 bits per heavy atom. The van der Waals surface area contributed by atoms with Crippen LogP contribution in [-0.4, -0.2) is 41.2 Å². The molecule has 0 aliphatic carbocycles. The predicted molar refractivity (Wildman–Crippen MR) is 127 cm³/mol. The van der Waals surface area contributed by atoms with Gasteiger partial charge in [-0.25, -0.2) is 14.4 Å². The van der Waals surface area contributed by atoms with Crippen molar-refractivity contribution in [3.8, 4) is 0 Å². The maximum Gasteiger partial charge on any atom is 0.191 e. The molecule has 32 heavy (non-hydrogen) atoms. The lowest BCUT2D eigenvalue weighted by Gasteiger charge is -2.34. The maximum absolute atomic E-state index is 13.5. The van der Waals surface area contributed by atoms with Gasteiger partial charge in [0, 0.05) is 50.3 Å². The van der Waals surface area contributed by atoms with Crippen LogP contribution in [0.2, 0.25) is 0 Å². The van der Waals surface area contributed by atoms with Crippen molar-refractivity contribution in [2.75, 3.05) is 24.5 Å². The van der Waals surface area contributed by atoms with Gasteiger partial charge in [0.15, 0.2) is 5.96 Å². The molecule has 0 radical (unpaired) electrons. The zero-order valence-electron chi connectivity index (χ0n) is 18.5. The number of aromatic nitrogens is 2. The van der Waals surface area contributed by atoms with Gasteiger partial charge in [-0.2, -0.15) is 0 Å². The standard InChI is InChI=1S/C25H31FN6/c1-2-27-25(29-18-24-28-13-16-32(24)19-20-7-4-3-5-8-20)30-22-11-14-31(15-12-22)23-10-6-9-21(26)17-23/h3-10,13,16-17,22H,2,11-12,14-15,18-19H2,1H3,(H2,27,29,30). The molecule has 0 saturated carbocycles. The first-order chi connectivity index (χ1) is 15.7. The van der Waals surface area contributed by atoms with E-state index in [2.05, 4.69) is 56.3 Å². The van der Waals surface area contributed by atoms with Gasteiger partial charge in [-0.15, -0.1) is 0 Å². The SMILES string of the molecule is CCNC(=NCc1nccn1Cc1ccccc1)NC1CCN(c2cccc(F)c2)CC1. The van der Waals surface area contributed by atoms with Crippen LogP contribution in [0.3, 0.4) is 0 Å². The number of halogens is 1. The van der Waals surface area contributed by atoms with E-state index in [1.165, 1.54) is 11.6 Å². The van der Waals surface area contributed by atoms with Gasteiger partial charge in [0.2, 0.25) is 0 Å². The molecule has 2 N–H and O–H groups in total. The predicted octanol–water partition coefficient (Wildman–Crippen LogP) is 3.79. The molecule has 1 aliphatic rings. The summed E-state index contributed by atoms with van der Waals surface area (Å²) in [5, 5.41) is 6.92. The number of imidazole rings is 1. The number of rotatable bonds is 7. The lowest BCUT2D eigenvalue weighted by molar-refractivity contribution is 0.461. The minimum absolute atomic E-state index is 0.185. The highest BCUT2D eigenvalue weighted by Gasteiger charge is 2.20. The Hall–Kier alpha value is -3.35. The lowest BCUT2D eigenvalue weighted by Crippen LogP contribution is -2.48. The molecule has 0 unspecified atom stereocenters. The van der Waals surface area contributed by atoms with Crippen molar-refractivity contribution in [1.82, 2.24) is 20.2 Å². The molecule has 2 aromatic carbocycles. The molecule has 4 rings (SSSR count). The zero-order valence-corrected chi connectivity index (χ0v) is 18.5. The number of anilines is 1. The number of piperidine rings is 1. The fourth-order valence-corrected chi connectivity index (χ4v) is 4.03. The van der Waals surface area contributed by atoms with Crippen LogP contribution in [-0.2, 0) is 13.1 Å². The first-order valence-electron chi connectivity index (χ1n) is 11.3. The van der Waals surface area contributed by atoms with E-state index < -0.39 is 0 Å². The molecule has 0 atom stereocenters. The Labute approximate surface area is 189 Å². The van der Waals surface area contributed by atoms with Crippen LogP contribution in [0.15, 0.2) is 72.0 Å². The normalized spacial score (nSPS) is 15.1. The van der Waals surface area contributed by atoms with E-state index in [9.17, 15) is 4.39 Å². The monoisotopic (exact) mass is 434 g/mol. The number of hydrogen-bond donors (Lipinski definition) is 2. The second kappa shape index (κ2) is 10.8. The minimum atomic E-state index is -0.185. The topological polar surface area (TPSA) is 57.5 Å². The van der Waals surface area contributed by atoms with Gasteiger partial charge >= 0.3 is 0 Å². The minimum Gasteiger partial charge on any atom is -0.371 e. The van der Waals surface area contributed by atoms with E-state index in [4.69, 9.17) is 4.99 Å². The third kappa shape index (κ3) is 5.87. The number of aliphatic imine (C=N–C) groups is 1. The molecule has 1 aliphatic heterocycles. The van der Waals surface area contributed by atoms with Crippen LogP contribution >= 0.6 is 0 Å². The third-order valence-corrected chi connectivity index (χ3v) is 5.73. The van der Waals surface area contributed by atoms with Crippen LogP contribution < -0.4 is 15.5 Å². The Balaban J connectivity index is 1.34. The van der Waals surface area contributed by atoms with Crippen molar-refractivity contribution in [3.05, 3.63) is 84.2 Å². The second-order valence-electron chi connectivity index (χ2n) is 8.04. The van der Waals surface area contributed by atoms with Crippen molar-refractivity contribution in [3.63, 3.8) is 0 Å². The van der Waals surface area contributed by atoms with Crippen LogP contribution in [0, 0.1) is 5.82 Å². The average Bonchev–Trinajstić information content (AvgIpc) is 3.25. The molecule has 0 spiro atoms. The third-order valence-electron chi connectivity index (χ3n) is 5.73. The number of guanidine groups is 1. The van der Waals surface area contributed by atoms with E-state index in [-0.39, 0.29) is 5.82 Å². The summed E-state index contributed by atoms with van der Waals surface area (Å²) < 4.78 is 15.7. The summed E-state index contributed by atoms with van der Waals surface area (Å²) in [5.74, 6) is 1.56. The number of nitrogens with one attached hydrogen (secondary N) is 2. The smallest absolute Gasteiger partial charge is 0.191 e. The molecule has 1 fully saturated rings. The summed E-state index contributed by atoms with van der Waals surface area (Å²) in [4.78, 5) is 11.5. The molecule has 0 bridgehead atoms. The molecular weight excluding hydrogens is 403 g/mol. The number of benzene rings is 2. The van der Waals surface area contributed by atoms with E-state index in [1.54, 1.807) is 12.1 Å². The van der Waals surface area contributed by atoms with E-state index in [1.807, 2.05) is 24.5 Å². The van der Waals surface area contributed by atoms with Crippen LogP contribution in [0.5, 0.6) is 0 Å². The molecule has 168 valence electrons. The molecule has 2 heterocycles. The number of hydrogen-bond acceptors (Lipinski definition) is 3. The number of nitrogens with zero attached hydrogens (tertiary/aromatic N) is 4. The van der Waals surface area contributed by atoms with Gasteiger partial charge < -0.3 is 20.1 Å². The zero-order chi connectivity index (χ0) is 22.2. The van der Waals surface area contributed by atoms with Crippen molar-refractivity contribution >= 4 is 11.6 Å². The molecule has 7 heteroatoms. The van der Waals surface area contributed by atoms with Gasteiger partial charge in [0.25, 0.3) is 0 Å².